The van der Waals surface area contributed by atoms with Crippen molar-refractivity contribution >= 4 is 16.9 Å². The van der Waals surface area contributed by atoms with Crippen LogP contribution in [-0.2, 0) is 24.4 Å². The van der Waals surface area contributed by atoms with Crippen LogP contribution in [0.5, 0.6) is 5.75 Å². The quantitative estimate of drug-likeness (QED) is 0.376. The molecule has 0 aliphatic heterocycles. The van der Waals surface area contributed by atoms with Gasteiger partial charge in [0.2, 0.25) is 0 Å². The number of hydrogen-bond donors (Lipinski definition) is 2. The highest BCUT2D eigenvalue weighted by Crippen LogP contribution is 2.33. The summed E-state index contributed by atoms with van der Waals surface area (Å²) in [5.74, 6) is -0.423. The summed E-state index contributed by atoms with van der Waals surface area (Å²) in [4.78, 5) is 11.1. The van der Waals surface area contributed by atoms with Crippen molar-refractivity contribution in [3.8, 4) is 16.9 Å². The lowest BCUT2D eigenvalue weighted by Crippen LogP contribution is -2.04. The molecule has 0 aliphatic carbocycles. The molecule has 4 aromatic rings. The molecular weight excluding hydrogens is 409 g/mol. The predicted octanol–water partition coefficient (Wildman–Crippen LogP) is 5.93. The van der Waals surface area contributed by atoms with E-state index in [9.17, 15) is 9.18 Å². The summed E-state index contributed by atoms with van der Waals surface area (Å²) in [5, 5.41) is 9.72. The fraction of sp³-hybridized carbons (Fsp3) is 0.192. The molecule has 3 aromatic carbocycles. The van der Waals surface area contributed by atoms with Crippen LogP contribution in [0, 0.1) is 6.01 Å². The second kappa shape index (κ2) is 10.6. The van der Waals surface area contributed by atoms with Crippen molar-refractivity contribution in [1.82, 2.24) is 0 Å². The summed E-state index contributed by atoms with van der Waals surface area (Å²) < 4.78 is 25.1. The summed E-state index contributed by atoms with van der Waals surface area (Å²) >= 11 is 0. The summed E-state index contributed by atoms with van der Waals surface area (Å²) in [6.45, 7) is 4.59. The standard InChI is InChI=1S/C24H20FNO4.C2H6/c25-22-11-19-9-16(14-29-21-7-2-1-5-18(21)12-23(27)28)10-20(24(19)30-22)17-6-3-4-15(8-17)13-26;1-2/h1-11H,12-14,26H2,(H,27,28);1-2H3. The molecule has 0 aliphatic rings. The topological polar surface area (TPSA) is 85.7 Å². The van der Waals surface area contributed by atoms with E-state index in [4.69, 9.17) is 20.0 Å². The van der Waals surface area contributed by atoms with Crippen LogP contribution < -0.4 is 10.5 Å². The molecule has 0 radical (unpaired) electrons. The van der Waals surface area contributed by atoms with Gasteiger partial charge in [0.15, 0.2) is 0 Å². The Kier molecular flexibility index (Phi) is 7.63. The molecule has 0 saturated heterocycles. The van der Waals surface area contributed by atoms with Crippen LogP contribution >= 0.6 is 0 Å². The zero-order valence-electron chi connectivity index (χ0n) is 18.1. The first-order valence-corrected chi connectivity index (χ1v) is 10.5. The predicted molar refractivity (Wildman–Crippen MR) is 123 cm³/mol. The van der Waals surface area contributed by atoms with E-state index < -0.39 is 12.0 Å². The largest absolute Gasteiger partial charge is 0.489 e. The molecule has 0 bridgehead atoms. The number of rotatable bonds is 7. The number of nitrogens with two attached hydrogens (primary N) is 1. The van der Waals surface area contributed by atoms with E-state index in [1.165, 1.54) is 6.07 Å². The van der Waals surface area contributed by atoms with Crippen LogP contribution in [0.3, 0.4) is 0 Å². The second-order valence-electron chi connectivity index (χ2n) is 6.98. The van der Waals surface area contributed by atoms with Crippen molar-refractivity contribution in [2.75, 3.05) is 0 Å². The molecule has 1 aromatic heterocycles. The van der Waals surface area contributed by atoms with Crippen molar-refractivity contribution in [1.29, 1.82) is 0 Å². The lowest BCUT2D eigenvalue weighted by atomic mass is 9.99. The molecule has 0 unspecified atom stereocenters. The molecule has 5 nitrogen and oxygen atoms in total. The van der Waals surface area contributed by atoms with Crippen molar-refractivity contribution in [3.05, 3.63) is 89.4 Å². The Bertz CT molecular complexity index is 1220. The molecule has 3 N–H and O–H groups in total. The number of hydrogen-bond acceptors (Lipinski definition) is 4. The number of carboxylic acids is 1. The van der Waals surface area contributed by atoms with Gasteiger partial charge in [0, 0.05) is 29.1 Å². The van der Waals surface area contributed by atoms with E-state index in [0.29, 0.717) is 28.8 Å². The average molecular weight is 435 g/mol. The van der Waals surface area contributed by atoms with Crippen LogP contribution in [-0.4, -0.2) is 11.1 Å². The maximum absolute atomic E-state index is 13.8. The smallest absolute Gasteiger partial charge is 0.307 e. The van der Waals surface area contributed by atoms with E-state index in [-0.39, 0.29) is 13.0 Å². The van der Waals surface area contributed by atoms with Gasteiger partial charge in [0.25, 0.3) is 6.01 Å². The SMILES string of the molecule is CC.NCc1cccc(-c2cc(COc3ccccc3CC(=O)O)cc3cc(F)oc23)c1. The molecule has 4 rings (SSSR count). The number of para-hydroxylation sites is 1. The van der Waals surface area contributed by atoms with Gasteiger partial charge >= 0.3 is 5.97 Å². The van der Waals surface area contributed by atoms with Crippen molar-refractivity contribution in [2.24, 2.45) is 5.73 Å². The molecule has 1 heterocycles. The highest BCUT2D eigenvalue weighted by molar-refractivity contribution is 5.93. The average Bonchev–Trinajstić information content (AvgIpc) is 3.19. The van der Waals surface area contributed by atoms with E-state index in [1.54, 1.807) is 30.3 Å². The maximum atomic E-state index is 13.8. The van der Waals surface area contributed by atoms with Crippen LogP contribution in [0.4, 0.5) is 4.39 Å². The second-order valence-corrected chi connectivity index (χ2v) is 6.98. The minimum atomic E-state index is -0.927. The van der Waals surface area contributed by atoms with Gasteiger partial charge in [-0.05, 0) is 41.0 Å². The molecule has 0 fully saturated rings. The Morgan fingerprint density at radius 1 is 1.03 bits per heavy atom. The van der Waals surface area contributed by atoms with Gasteiger partial charge in [0.05, 0.1) is 6.42 Å². The fourth-order valence-corrected chi connectivity index (χ4v) is 3.46. The molecule has 32 heavy (non-hydrogen) atoms. The Hall–Kier alpha value is -3.64. The molecular formula is C26H26FNO4. The van der Waals surface area contributed by atoms with Crippen LogP contribution in [0.15, 0.2) is 71.1 Å². The van der Waals surface area contributed by atoms with Crippen LogP contribution in [0.2, 0.25) is 0 Å². The van der Waals surface area contributed by atoms with Gasteiger partial charge < -0.3 is 20.0 Å². The zero-order valence-corrected chi connectivity index (χ0v) is 18.1. The summed E-state index contributed by atoms with van der Waals surface area (Å²) in [7, 11) is 0. The van der Waals surface area contributed by atoms with E-state index in [0.717, 1.165) is 22.3 Å². The fourth-order valence-electron chi connectivity index (χ4n) is 3.46. The van der Waals surface area contributed by atoms with Crippen molar-refractivity contribution in [2.45, 2.75) is 33.4 Å². The lowest BCUT2D eigenvalue weighted by Gasteiger charge is -2.12. The third kappa shape index (κ3) is 5.34. The Labute approximate surface area is 186 Å². The minimum absolute atomic E-state index is 0.126. The van der Waals surface area contributed by atoms with Gasteiger partial charge in [-0.1, -0.05) is 50.2 Å². The molecule has 0 atom stereocenters. The van der Waals surface area contributed by atoms with Gasteiger partial charge in [-0.25, -0.2) is 0 Å². The Morgan fingerprint density at radius 2 is 1.81 bits per heavy atom. The molecule has 6 heteroatoms. The van der Waals surface area contributed by atoms with Gasteiger partial charge in [-0.15, -0.1) is 0 Å². The first-order valence-electron chi connectivity index (χ1n) is 10.5. The number of furan rings is 1. The number of carbonyl (C=O) groups is 1. The summed E-state index contributed by atoms with van der Waals surface area (Å²) in [6, 6.07) is 19.1. The van der Waals surface area contributed by atoms with E-state index >= 15 is 0 Å². The Balaban J connectivity index is 0.00000141. The first-order chi connectivity index (χ1) is 15.5. The van der Waals surface area contributed by atoms with Gasteiger partial charge in [-0.2, -0.15) is 4.39 Å². The molecule has 0 amide bonds. The normalized spacial score (nSPS) is 10.5. The third-order valence-corrected chi connectivity index (χ3v) is 4.83. The Morgan fingerprint density at radius 3 is 2.56 bits per heavy atom. The number of benzene rings is 3. The molecule has 166 valence electrons. The zero-order chi connectivity index (χ0) is 23.1. The highest BCUT2D eigenvalue weighted by atomic mass is 19.1. The van der Waals surface area contributed by atoms with Crippen molar-refractivity contribution in [3.63, 3.8) is 0 Å². The monoisotopic (exact) mass is 435 g/mol. The van der Waals surface area contributed by atoms with Gasteiger partial charge in [-0.3, -0.25) is 4.79 Å². The van der Waals surface area contributed by atoms with Gasteiger partial charge in [0.1, 0.15) is 17.9 Å². The van der Waals surface area contributed by atoms with Crippen LogP contribution in [0.1, 0.15) is 30.5 Å². The number of fused-ring (bicyclic) bond motifs is 1. The molecule has 0 spiro atoms. The lowest BCUT2D eigenvalue weighted by molar-refractivity contribution is -0.136. The third-order valence-electron chi connectivity index (χ3n) is 4.83. The first kappa shape index (κ1) is 23.0. The van der Waals surface area contributed by atoms with Crippen LogP contribution in [0.25, 0.3) is 22.1 Å². The number of aliphatic carboxylic acids is 1. The van der Waals surface area contributed by atoms with E-state index in [2.05, 4.69) is 0 Å². The summed E-state index contributed by atoms with van der Waals surface area (Å²) in [6.07, 6.45) is -0.126. The van der Waals surface area contributed by atoms with E-state index in [1.807, 2.05) is 44.2 Å². The number of ether oxygens (including phenoxy) is 1. The number of carboxylic acid groups (broad SMARTS) is 1. The van der Waals surface area contributed by atoms with Crippen molar-refractivity contribution < 1.29 is 23.4 Å². The number of halogens is 1. The highest BCUT2D eigenvalue weighted by Gasteiger charge is 2.14. The maximum Gasteiger partial charge on any atom is 0.307 e. The summed E-state index contributed by atoms with van der Waals surface area (Å²) in [5.41, 5.74) is 10.2. The molecule has 0 saturated carbocycles. The minimum Gasteiger partial charge on any atom is -0.489 e.